The monoisotopic (exact) mass is 638 g/mol. The largest absolute Gasteiger partial charge is 0.484 e. The van der Waals surface area contributed by atoms with E-state index in [2.05, 4.69) is 15.6 Å². The minimum absolute atomic E-state index is 0.0267. The highest BCUT2D eigenvalue weighted by atomic mass is 16.5. The number of aliphatic hydroxyl groups excluding tert-OH is 1. The van der Waals surface area contributed by atoms with Crippen molar-refractivity contribution in [1.82, 2.24) is 20.1 Å². The number of carbonyl (C=O) groups excluding carboxylic acids is 1. The van der Waals surface area contributed by atoms with Crippen molar-refractivity contribution in [3.05, 3.63) is 101 Å². The molecular weight excluding hydrogens is 592 g/mol. The molecule has 1 fully saturated rings. The van der Waals surface area contributed by atoms with E-state index in [1.807, 2.05) is 81.1 Å². The van der Waals surface area contributed by atoms with Gasteiger partial charge in [-0.3, -0.25) is 20.7 Å². The normalized spacial score (nSPS) is 20.0. The minimum atomic E-state index is -0.387. The number of fused-ring (bicyclic) bond motifs is 1. The van der Waals surface area contributed by atoms with Gasteiger partial charge in [0.25, 0.3) is 0 Å². The molecule has 5 rings (SSSR count). The second-order valence-electron chi connectivity index (χ2n) is 13.3. The number of ether oxygens (including phenoxy) is 1. The number of aliphatic hydroxyl groups is 1. The molecule has 0 saturated carbocycles. The van der Waals surface area contributed by atoms with Crippen molar-refractivity contribution in [3.8, 4) is 5.75 Å². The standard InChI is InChI=1S/C36H46N8O3/c1-23-11-13-24(14-12-23)40-33(20-31(37)36(2,3)4)42-35(46)41-29-16-17-30(28-10-6-5-9-27(28)29)47-26-15-18-32(38)44(21-26)34(39)43-19-7-8-25(43)22-45/h5-6,9-15,18,20-21,25,29-30,38-39,45H,7-8,16-17,19,22,37H2,1-4H3,(H2,40,41,42,46)/t25-,29+,30-/m1/s1. The van der Waals surface area contributed by atoms with Crippen LogP contribution in [0.4, 0.5) is 10.5 Å². The molecule has 1 aliphatic heterocycles. The summed E-state index contributed by atoms with van der Waals surface area (Å²) in [6, 6.07) is 18.2. The average molecular weight is 639 g/mol. The summed E-state index contributed by atoms with van der Waals surface area (Å²) < 4.78 is 7.96. The van der Waals surface area contributed by atoms with Crippen molar-refractivity contribution in [2.45, 2.75) is 71.6 Å². The summed E-state index contributed by atoms with van der Waals surface area (Å²) in [7, 11) is 0. The lowest BCUT2D eigenvalue weighted by Gasteiger charge is -2.32. The third kappa shape index (κ3) is 8.10. The predicted octanol–water partition coefficient (Wildman–Crippen LogP) is 5.39. The number of aryl methyl sites for hydroxylation is 1. The summed E-state index contributed by atoms with van der Waals surface area (Å²) in [5.41, 5.74) is 10.6. The third-order valence-corrected chi connectivity index (χ3v) is 8.71. The Morgan fingerprint density at radius 3 is 2.51 bits per heavy atom. The Labute approximate surface area is 276 Å². The quantitative estimate of drug-likeness (QED) is 0.157. The number of pyridine rings is 1. The van der Waals surface area contributed by atoms with Crippen molar-refractivity contribution in [2.24, 2.45) is 16.1 Å². The molecule has 0 spiro atoms. The maximum atomic E-state index is 13.4. The van der Waals surface area contributed by atoms with Gasteiger partial charge in [-0.25, -0.2) is 9.79 Å². The lowest BCUT2D eigenvalue weighted by molar-refractivity contribution is 0.170. The SMILES string of the molecule is Cc1ccc(N=C(C=C(N)C(C)(C)C)NC(=O)N[C@H]2CC[C@@H](Oc3ccc(=N)n(C(=N)N4CCC[C@@H]4CO)c3)c3ccccc32)cc1. The molecule has 1 aliphatic carbocycles. The van der Waals surface area contributed by atoms with Gasteiger partial charge in [0.2, 0.25) is 5.96 Å². The van der Waals surface area contributed by atoms with Gasteiger partial charge in [-0.1, -0.05) is 62.7 Å². The molecule has 0 radical (unpaired) electrons. The molecule has 2 heterocycles. The van der Waals surface area contributed by atoms with Crippen LogP contribution in [0.1, 0.15) is 75.3 Å². The molecule has 3 aromatic rings. The number of amides is 2. The first kappa shape index (κ1) is 33.5. The van der Waals surface area contributed by atoms with Gasteiger partial charge >= 0.3 is 6.03 Å². The number of nitrogens with two attached hydrogens (primary N) is 1. The maximum Gasteiger partial charge on any atom is 0.320 e. The van der Waals surface area contributed by atoms with E-state index in [9.17, 15) is 9.90 Å². The van der Waals surface area contributed by atoms with E-state index in [4.69, 9.17) is 21.3 Å². The summed E-state index contributed by atoms with van der Waals surface area (Å²) in [5, 5.41) is 33.0. The van der Waals surface area contributed by atoms with E-state index >= 15 is 0 Å². The molecule has 0 bridgehead atoms. The van der Waals surface area contributed by atoms with Crippen LogP contribution in [-0.4, -0.2) is 51.6 Å². The Morgan fingerprint density at radius 2 is 1.81 bits per heavy atom. The summed E-state index contributed by atoms with van der Waals surface area (Å²) in [5.74, 6) is 1.04. The van der Waals surface area contributed by atoms with Crippen molar-refractivity contribution in [1.29, 1.82) is 10.8 Å². The first-order valence-corrected chi connectivity index (χ1v) is 16.1. The van der Waals surface area contributed by atoms with E-state index in [1.54, 1.807) is 24.4 Å². The van der Waals surface area contributed by atoms with Crippen molar-refractivity contribution >= 4 is 23.5 Å². The van der Waals surface area contributed by atoms with Gasteiger partial charge in [0, 0.05) is 23.7 Å². The maximum absolute atomic E-state index is 13.4. The fourth-order valence-corrected chi connectivity index (χ4v) is 5.89. The fraction of sp³-hybridized carbons (Fsp3) is 0.389. The zero-order valence-electron chi connectivity index (χ0n) is 27.6. The second-order valence-corrected chi connectivity index (χ2v) is 13.3. The number of benzene rings is 2. The molecule has 0 unspecified atom stereocenters. The predicted molar refractivity (Wildman–Crippen MR) is 184 cm³/mol. The number of nitrogens with one attached hydrogen (secondary N) is 4. The van der Waals surface area contributed by atoms with Gasteiger partial charge in [0.15, 0.2) is 0 Å². The number of carbonyl (C=O) groups is 1. The van der Waals surface area contributed by atoms with Crippen LogP contribution in [0.2, 0.25) is 0 Å². The van der Waals surface area contributed by atoms with Crippen LogP contribution in [0.5, 0.6) is 5.75 Å². The molecule has 3 atom stereocenters. The van der Waals surface area contributed by atoms with Crippen molar-refractivity contribution in [2.75, 3.05) is 13.2 Å². The van der Waals surface area contributed by atoms with Crippen LogP contribution in [0.15, 0.2) is 83.6 Å². The molecule has 1 saturated heterocycles. The number of likely N-dealkylation sites (tertiary alicyclic amines) is 1. The van der Waals surface area contributed by atoms with E-state index in [1.165, 1.54) is 4.57 Å². The van der Waals surface area contributed by atoms with Crippen LogP contribution < -0.4 is 26.6 Å². The Balaban J connectivity index is 1.32. The first-order valence-electron chi connectivity index (χ1n) is 16.1. The number of allylic oxidation sites excluding steroid dienone is 1. The average Bonchev–Trinajstić information content (AvgIpc) is 3.52. The highest BCUT2D eigenvalue weighted by Crippen LogP contribution is 2.38. The molecule has 2 aliphatic rings. The second kappa shape index (κ2) is 14.3. The lowest BCUT2D eigenvalue weighted by Crippen LogP contribution is -2.44. The van der Waals surface area contributed by atoms with E-state index in [0.29, 0.717) is 42.4 Å². The Hall–Kier alpha value is -4.90. The third-order valence-electron chi connectivity index (χ3n) is 8.71. The Morgan fingerprint density at radius 1 is 1.09 bits per heavy atom. The number of amidine groups is 1. The molecule has 248 valence electrons. The van der Waals surface area contributed by atoms with Gasteiger partial charge < -0.3 is 25.8 Å². The molecule has 11 nitrogen and oxygen atoms in total. The molecule has 7 N–H and O–H groups in total. The van der Waals surface area contributed by atoms with Gasteiger partial charge in [-0.2, -0.15) is 0 Å². The van der Waals surface area contributed by atoms with E-state index in [-0.39, 0.29) is 47.7 Å². The van der Waals surface area contributed by atoms with Crippen molar-refractivity contribution < 1.29 is 14.6 Å². The number of rotatable bonds is 6. The van der Waals surface area contributed by atoms with E-state index in [0.717, 1.165) is 29.5 Å². The highest BCUT2D eigenvalue weighted by molar-refractivity contribution is 6.05. The van der Waals surface area contributed by atoms with Crippen LogP contribution in [0.25, 0.3) is 0 Å². The van der Waals surface area contributed by atoms with Gasteiger partial charge in [0.05, 0.1) is 30.6 Å². The summed E-state index contributed by atoms with van der Waals surface area (Å²) in [6.07, 6.45) is 6.09. The molecule has 11 heteroatoms. The van der Waals surface area contributed by atoms with Gasteiger partial charge in [-0.15, -0.1) is 0 Å². The fourth-order valence-electron chi connectivity index (χ4n) is 5.89. The molecule has 2 aromatic carbocycles. The van der Waals surface area contributed by atoms with E-state index < -0.39 is 0 Å². The van der Waals surface area contributed by atoms with Crippen molar-refractivity contribution in [3.63, 3.8) is 0 Å². The number of urea groups is 1. The van der Waals surface area contributed by atoms with Crippen LogP contribution in [0, 0.1) is 23.2 Å². The van der Waals surface area contributed by atoms with Crippen LogP contribution >= 0.6 is 0 Å². The molecular formula is C36H46N8O3. The summed E-state index contributed by atoms with van der Waals surface area (Å²) in [4.78, 5) is 19.9. The highest BCUT2D eigenvalue weighted by Gasteiger charge is 2.31. The minimum Gasteiger partial charge on any atom is -0.484 e. The lowest BCUT2D eigenvalue weighted by atomic mass is 9.85. The molecule has 1 aromatic heterocycles. The smallest absolute Gasteiger partial charge is 0.320 e. The van der Waals surface area contributed by atoms with Crippen LogP contribution in [0.3, 0.4) is 0 Å². The number of hydrogen-bond acceptors (Lipinski definition) is 7. The number of hydrogen-bond donors (Lipinski definition) is 6. The Bertz CT molecular complexity index is 1720. The summed E-state index contributed by atoms with van der Waals surface area (Å²) >= 11 is 0. The molecule has 47 heavy (non-hydrogen) atoms. The van der Waals surface area contributed by atoms with Gasteiger partial charge in [-0.05, 0) is 68.0 Å². The van der Waals surface area contributed by atoms with Gasteiger partial charge in [0.1, 0.15) is 23.2 Å². The van der Waals surface area contributed by atoms with Crippen LogP contribution in [-0.2, 0) is 0 Å². The first-order chi connectivity index (χ1) is 22.4. The Kier molecular flexibility index (Phi) is 10.1. The zero-order chi connectivity index (χ0) is 33.7. The zero-order valence-corrected chi connectivity index (χ0v) is 27.6. The number of aromatic nitrogens is 1. The number of aliphatic imine (C=N–C) groups is 1. The molecule has 2 amide bonds. The topological polar surface area (TPSA) is 165 Å². The number of nitrogens with zero attached hydrogens (tertiary/aromatic N) is 3. The summed E-state index contributed by atoms with van der Waals surface area (Å²) in [6.45, 7) is 8.66.